The summed E-state index contributed by atoms with van der Waals surface area (Å²) in [6.45, 7) is 9.38. The Morgan fingerprint density at radius 3 is 2.58 bits per heavy atom. The quantitative estimate of drug-likeness (QED) is 0.381. The lowest BCUT2D eigenvalue weighted by molar-refractivity contribution is 0.392. The molecule has 0 bridgehead atoms. The van der Waals surface area contributed by atoms with Gasteiger partial charge in [-0.05, 0) is 38.0 Å². The number of aromatic nitrogens is 1. The summed E-state index contributed by atoms with van der Waals surface area (Å²) < 4.78 is 18.6. The van der Waals surface area contributed by atoms with Gasteiger partial charge >= 0.3 is 0 Å². The van der Waals surface area contributed by atoms with E-state index in [1.807, 2.05) is 19.9 Å². The van der Waals surface area contributed by atoms with Gasteiger partial charge in [0.2, 0.25) is 0 Å². The van der Waals surface area contributed by atoms with Crippen LogP contribution >= 0.6 is 24.0 Å². The highest BCUT2D eigenvalue weighted by Gasteiger charge is 2.21. The Bertz CT molecular complexity index is 723. The molecule has 0 aliphatic rings. The second kappa shape index (κ2) is 9.89. The van der Waals surface area contributed by atoms with Crippen molar-refractivity contribution >= 4 is 29.9 Å². The number of rotatable bonds is 6. The van der Waals surface area contributed by atoms with E-state index in [-0.39, 0.29) is 35.2 Å². The van der Waals surface area contributed by atoms with Crippen molar-refractivity contribution in [3.05, 3.63) is 52.7 Å². The Kier molecular flexibility index (Phi) is 8.52. The third kappa shape index (κ3) is 5.96. The molecule has 2 aromatic rings. The van der Waals surface area contributed by atoms with Crippen LogP contribution in [0, 0.1) is 19.7 Å². The number of nitrogens with one attached hydrogen (secondary N) is 2. The Morgan fingerprint density at radius 2 is 2.00 bits per heavy atom. The minimum atomic E-state index is -0.221. The maximum absolute atomic E-state index is 13.5. The highest BCUT2D eigenvalue weighted by atomic mass is 127. The van der Waals surface area contributed by atoms with Gasteiger partial charge < -0.3 is 15.2 Å². The molecular formula is C19H28FIN4O. The van der Waals surface area contributed by atoms with Gasteiger partial charge in [0.1, 0.15) is 11.6 Å². The molecule has 0 amide bonds. The second-order valence-corrected chi connectivity index (χ2v) is 6.80. The molecule has 0 unspecified atom stereocenters. The molecule has 0 fully saturated rings. The van der Waals surface area contributed by atoms with Gasteiger partial charge in [-0.15, -0.1) is 24.0 Å². The molecule has 1 aromatic carbocycles. The molecule has 5 nitrogen and oxygen atoms in total. The summed E-state index contributed by atoms with van der Waals surface area (Å²) in [6, 6.07) is 6.72. The fourth-order valence-corrected chi connectivity index (χ4v) is 2.70. The van der Waals surface area contributed by atoms with Crippen molar-refractivity contribution in [3.63, 3.8) is 0 Å². The van der Waals surface area contributed by atoms with Crippen molar-refractivity contribution in [2.24, 2.45) is 4.99 Å². The normalized spacial score (nSPS) is 11.8. The molecule has 0 saturated carbocycles. The molecular weight excluding hydrogens is 446 g/mol. The third-order valence-corrected chi connectivity index (χ3v) is 4.38. The second-order valence-electron chi connectivity index (χ2n) is 6.80. The predicted molar refractivity (Wildman–Crippen MR) is 114 cm³/mol. The molecule has 0 saturated heterocycles. The molecule has 1 heterocycles. The minimum Gasteiger partial charge on any atom is -0.361 e. The lowest BCUT2D eigenvalue weighted by Gasteiger charge is -2.26. The van der Waals surface area contributed by atoms with Gasteiger partial charge in [-0.3, -0.25) is 4.99 Å². The van der Waals surface area contributed by atoms with Gasteiger partial charge in [0, 0.05) is 31.1 Å². The van der Waals surface area contributed by atoms with Gasteiger partial charge in [0.05, 0.1) is 5.69 Å². The molecule has 2 N–H and O–H groups in total. The molecule has 0 spiro atoms. The van der Waals surface area contributed by atoms with Gasteiger partial charge in [-0.2, -0.15) is 0 Å². The molecule has 0 aliphatic carbocycles. The Morgan fingerprint density at radius 1 is 1.27 bits per heavy atom. The first-order chi connectivity index (χ1) is 11.8. The average Bonchev–Trinajstić information content (AvgIpc) is 2.89. The molecule has 2 rings (SSSR count). The Labute approximate surface area is 171 Å². The molecule has 0 radical (unpaired) electrons. The van der Waals surface area contributed by atoms with E-state index in [1.165, 1.54) is 6.07 Å². The largest absolute Gasteiger partial charge is 0.361 e. The van der Waals surface area contributed by atoms with E-state index in [2.05, 4.69) is 34.6 Å². The van der Waals surface area contributed by atoms with Gasteiger partial charge in [0.25, 0.3) is 0 Å². The highest BCUT2D eigenvalue weighted by Crippen LogP contribution is 2.22. The van der Waals surface area contributed by atoms with Crippen LogP contribution in [0.5, 0.6) is 0 Å². The zero-order valence-corrected chi connectivity index (χ0v) is 18.3. The monoisotopic (exact) mass is 474 g/mol. The lowest BCUT2D eigenvalue weighted by atomic mass is 9.84. The van der Waals surface area contributed by atoms with E-state index in [9.17, 15) is 4.39 Å². The van der Waals surface area contributed by atoms with E-state index in [1.54, 1.807) is 19.2 Å². The average molecular weight is 474 g/mol. The fraction of sp³-hybridized carbons (Fsp3) is 0.474. The first-order valence-electron chi connectivity index (χ1n) is 8.46. The first-order valence-corrected chi connectivity index (χ1v) is 8.46. The number of aliphatic imine (C=N–C) groups is 1. The maximum Gasteiger partial charge on any atom is 0.191 e. The molecule has 1 aromatic heterocycles. The van der Waals surface area contributed by atoms with Crippen molar-refractivity contribution in [1.29, 1.82) is 0 Å². The predicted octanol–water partition coefficient (Wildman–Crippen LogP) is 3.73. The van der Waals surface area contributed by atoms with Gasteiger partial charge in [0.15, 0.2) is 5.96 Å². The number of benzene rings is 1. The third-order valence-electron chi connectivity index (χ3n) is 4.38. The van der Waals surface area contributed by atoms with Crippen LogP contribution in [0.1, 0.15) is 36.4 Å². The first kappa shape index (κ1) is 22.4. The molecule has 26 heavy (non-hydrogen) atoms. The summed E-state index contributed by atoms with van der Waals surface area (Å²) >= 11 is 0. The maximum atomic E-state index is 13.5. The number of aryl methyl sites for hydroxylation is 2. The summed E-state index contributed by atoms with van der Waals surface area (Å²) in [7, 11) is 1.74. The van der Waals surface area contributed by atoms with E-state index >= 15 is 0 Å². The number of hydrogen-bond donors (Lipinski definition) is 2. The van der Waals surface area contributed by atoms with Crippen molar-refractivity contribution in [1.82, 2.24) is 15.8 Å². The zero-order valence-electron chi connectivity index (χ0n) is 16.0. The molecule has 144 valence electrons. The minimum absolute atomic E-state index is 0. The van der Waals surface area contributed by atoms with Crippen LogP contribution in [-0.4, -0.2) is 31.3 Å². The van der Waals surface area contributed by atoms with Gasteiger partial charge in [-0.25, -0.2) is 4.39 Å². The SMILES string of the molecule is CN=C(NCCc1c(C)noc1C)NCC(C)(C)c1cccc(F)c1.I. The van der Waals surface area contributed by atoms with Crippen LogP contribution in [0.25, 0.3) is 0 Å². The number of halogens is 2. The van der Waals surface area contributed by atoms with Crippen molar-refractivity contribution < 1.29 is 8.91 Å². The van der Waals surface area contributed by atoms with Crippen molar-refractivity contribution in [2.45, 2.75) is 39.5 Å². The van der Waals surface area contributed by atoms with Gasteiger partial charge in [-0.1, -0.05) is 31.1 Å². The van der Waals surface area contributed by atoms with E-state index in [4.69, 9.17) is 4.52 Å². The summed E-state index contributed by atoms with van der Waals surface area (Å²) in [5.41, 5.74) is 2.78. The van der Waals surface area contributed by atoms with Crippen LogP contribution in [0.4, 0.5) is 4.39 Å². The highest BCUT2D eigenvalue weighted by molar-refractivity contribution is 14.0. The van der Waals surface area contributed by atoms with Crippen LogP contribution in [0.3, 0.4) is 0 Å². The van der Waals surface area contributed by atoms with Crippen molar-refractivity contribution in [2.75, 3.05) is 20.1 Å². The summed E-state index contributed by atoms with van der Waals surface area (Å²) in [5.74, 6) is 1.36. The van der Waals surface area contributed by atoms with Crippen LogP contribution in [0.2, 0.25) is 0 Å². The standard InChI is InChI=1S/C19H27FN4O.HI/c1-13-17(14(2)25-24-13)9-10-22-18(21-5)23-12-19(3,4)15-7-6-8-16(20)11-15;/h6-8,11H,9-10,12H2,1-5H3,(H2,21,22,23);1H. The number of guanidine groups is 1. The van der Waals surface area contributed by atoms with Crippen molar-refractivity contribution in [3.8, 4) is 0 Å². The number of nitrogens with zero attached hydrogens (tertiary/aromatic N) is 2. The smallest absolute Gasteiger partial charge is 0.191 e. The molecule has 0 atom stereocenters. The fourth-order valence-electron chi connectivity index (χ4n) is 2.70. The summed E-state index contributed by atoms with van der Waals surface area (Å²) in [5, 5.41) is 10.6. The summed E-state index contributed by atoms with van der Waals surface area (Å²) in [4.78, 5) is 4.25. The van der Waals surface area contributed by atoms with Crippen LogP contribution < -0.4 is 10.6 Å². The topological polar surface area (TPSA) is 62.5 Å². The summed E-state index contributed by atoms with van der Waals surface area (Å²) in [6.07, 6.45) is 0.815. The zero-order chi connectivity index (χ0) is 18.4. The Hall–Kier alpha value is -1.64. The molecule has 0 aliphatic heterocycles. The van der Waals surface area contributed by atoms with E-state index in [0.29, 0.717) is 6.54 Å². The van der Waals surface area contributed by atoms with Crippen LogP contribution in [-0.2, 0) is 11.8 Å². The van der Waals surface area contributed by atoms with E-state index < -0.39 is 0 Å². The number of hydrogen-bond acceptors (Lipinski definition) is 3. The molecule has 7 heteroatoms. The van der Waals surface area contributed by atoms with E-state index in [0.717, 1.165) is 41.5 Å². The Balaban J connectivity index is 0.00000338. The lowest BCUT2D eigenvalue weighted by Crippen LogP contribution is -2.44. The van der Waals surface area contributed by atoms with Crippen LogP contribution in [0.15, 0.2) is 33.8 Å².